The molecule has 2 rings (SSSR count). The molecule has 1 aromatic carbocycles. The average Bonchev–Trinajstić information content (AvgIpc) is 2.33. The Hall–Kier alpha value is -0.980. The van der Waals surface area contributed by atoms with Gasteiger partial charge in [-0.25, -0.2) is 0 Å². The van der Waals surface area contributed by atoms with Gasteiger partial charge in [0, 0.05) is 0 Å². The van der Waals surface area contributed by atoms with Crippen LogP contribution in [0.15, 0.2) is 12.1 Å². The Labute approximate surface area is 73.0 Å². The number of hydrogen-bond acceptors (Lipinski definition) is 1. The second kappa shape index (κ2) is 2.51. The Morgan fingerprint density at radius 3 is 2.92 bits per heavy atom. The second-order valence-electron chi connectivity index (χ2n) is 3.77. The van der Waals surface area contributed by atoms with Crippen LogP contribution in [0.3, 0.4) is 0 Å². The van der Waals surface area contributed by atoms with Gasteiger partial charge in [0.25, 0.3) is 0 Å². The number of hydrogen-bond donors (Lipinski definition) is 1. The van der Waals surface area contributed by atoms with Crippen molar-refractivity contribution < 1.29 is 5.11 Å². The van der Waals surface area contributed by atoms with Crippen LogP contribution in [0.1, 0.15) is 36.0 Å². The summed E-state index contributed by atoms with van der Waals surface area (Å²) < 4.78 is 0. The van der Waals surface area contributed by atoms with Crippen molar-refractivity contribution >= 4 is 0 Å². The summed E-state index contributed by atoms with van der Waals surface area (Å²) in [5.74, 6) is 1.05. The zero-order valence-corrected chi connectivity index (χ0v) is 7.59. The summed E-state index contributed by atoms with van der Waals surface area (Å²) in [6.45, 7) is 4.31. The number of fused-ring (bicyclic) bond motifs is 1. The highest BCUT2D eigenvalue weighted by atomic mass is 16.3. The summed E-state index contributed by atoms with van der Waals surface area (Å²) in [4.78, 5) is 0. The molecule has 0 aliphatic heterocycles. The van der Waals surface area contributed by atoms with E-state index in [4.69, 9.17) is 0 Å². The predicted octanol–water partition coefficient (Wildman–Crippen LogP) is 2.75. The fourth-order valence-electron chi connectivity index (χ4n) is 2.12. The van der Waals surface area contributed by atoms with Gasteiger partial charge in [0.1, 0.15) is 5.75 Å². The summed E-state index contributed by atoms with van der Waals surface area (Å²) >= 11 is 0. The average molecular weight is 162 g/mol. The molecule has 64 valence electrons. The molecule has 0 bridgehead atoms. The van der Waals surface area contributed by atoms with E-state index in [0.29, 0.717) is 11.7 Å². The van der Waals surface area contributed by atoms with E-state index in [1.807, 2.05) is 12.1 Å². The van der Waals surface area contributed by atoms with Gasteiger partial charge in [0.05, 0.1) is 0 Å². The third kappa shape index (κ3) is 1.01. The van der Waals surface area contributed by atoms with Crippen molar-refractivity contribution in [3.63, 3.8) is 0 Å². The molecule has 0 heterocycles. The van der Waals surface area contributed by atoms with Crippen LogP contribution in [0.2, 0.25) is 0 Å². The summed E-state index contributed by atoms with van der Waals surface area (Å²) in [6.07, 6.45) is 2.42. The van der Waals surface area contributed by atoms with Crippen LogP contribution in [-0.2, 0) is 6.42 Å². The third-order valence-corrected chi connectivity index (χ3v) is 2.85. The second-order valence-corrected chi connectivity index (χ2v) is 3.77. The molecule has 1 atom stereocenters. The Morgan fingerprint density at radius 1 is 1.42 bits per heavy atom. The van der Waals surface area contributed by atoms with Crippen molar-refractivity contribution in [2.75, 3.05) is 0 Å². The van der Waals surface area contributed by atoms with E-state index in [0.717, 1.165) is 0 Å². The lowest BCUT2D eigenvalue weighted by atomic mass is 10.0. The predicted molar refractivity (Wildman–Crippen MR) is 49.6 cm³/mol. The van der Waals surface area contributed by atoms with Crippen LogP contribution < -0.4 is 0 Å². The summed E-state index contributed by atoms with van der Waals surface area (Å²) in [6, 6.07) is 3.77. The maximum absolute atomic E-state index is 9.40. The normalized spacial score (nSPS) is 21.0. The molecule has 0 saturated carbocycles. The summed E-state index contributed by atoms with van der Waals surface area (Å²) in [7, 11) is 0. The fourth-order valence-corrected chi connectivity index (χ4v) is 2.12. The maximum Gasteiger partial charge on any atom is 0.116 e. The summed E-state index contributed by atoms with van der Waals surface area (Å²) in [5, 5.41) is 9.40. The van der Waals surface area contributed by atoms with E-state index in [9.17, 15) is 5.11 Å². The zero-order valence-electron chi connectivity index (χ0n) is 7.59. The number of benzene rings is 1. The largest absolute Gasteiger partial charge is 0.508 e. The molecule has 1 unspecified atom stereocenters. The SMILES string of the molecule is Cc1cc(O)cc2c1CCC2C. The van der Waals surface area contributed by atoms with Crippen molar-refractivity contribution in [1.82, 2.24) is 0 Å². The van der Waals surface area contributed by atoms with E-state index in [1.165, 1.54) is 29.5 Å². The quantitative estimate of drug-likeness (QED) is 0.622. The molecule has 0 spiro atoms. The first kappa shape index (κ1) is 7.66. The Balaban J connectivity index is 2.60. The molecular formula is C11H14O. The van der Waals surface area contributed by atoms with Crippen molar-refractivity contribution in [3.05, 3.63) is 28.8 Å². The van der Waals surface area contributed by atoms with Crippen LogP contribution in [0.25, 0.3) is 0 Å². The van der Waals surface area contributed by atoms with Gasteiger partial charge in [-0.3, -0.25) is 0 Å². The first-order chi connectivity index (χ1) is 5.68. The van der Waals surface area contributed by atoms with Gasteiger partial charge in [-0.1, -0.05) is 6.92 Å². The van der Waals surface area contributed by atoms with Crippen LogP contribution in [0, 0.1) is 6.92 Å². The number of aromatic hydroxyl groups is 1. The van der Waals surface area contributed by atoms with Crippen LogP contribution >= 0.6 is 0 Å². The number of phenolic OH excluding ortho intramolecular Hbond substituents is 1. The minimum atomic E-state index is 0.417. The smallest absolute Gasteiger partial charge is 0.116 e. The van der Waals surface area contributed by atoms with E-state index < -0.39 is 0 Å². The molecule has 0 radical (unpaired) electrons. The molecule has 1 aliphatic carbocycles. The third-order valence-electron chi connectivity index (χ3n) is 2.85. The van der Waals surface area contributed by atoms with Crippen molar-refractivity contribution in [2.24, 2.45) is 0 Å². The van der Waals surface area contributed by atoms with E-state index in [2.05, 4.69) is 13.8 Å². The Kier molecular flexibility index (Phi) is 1.60. The summed E-state index contributed by atoms with van der Waals surface area (Å²) in [5.41, 5.74) is 4.06. The molecule has 0 amide bonds. The van der Waals surface area contributed by atoms with Crippen LogP contribution in [-0.4, -0.2) is 5.11 Å². The van der Waals surface area contributed by atoms with E-state index in [1.54, 1.807) is 0 Å². The molecule has 1 heteroatoms. The molecule has 1 aromatic rings. The van der Waals surface area contributed by atoms with Crippen molar-refractivity contribution in [2.45, 2.75) is 32.6 Å². The molecule has 1 nitrogen and oxygen atoms in total. The maximum atomic E-state index is 9.40. The van der Waals surface area contributed by atoms with Crippen LogP contribution in [0.4, 0.5) is 0 Å². The highest BCUT2D eigenvalue weighted by molar-refractivity contribution is 5.45. The zero-order chi connectivity index (χ0) is 8.72. The van der Waals surface area contributed by atoms with Gasteiger partial charge in [-0.2, -0.15) is 0 Å². The topological polar surface area (TPSA) is 20.2 Å². The minimum Gasteiger partial charge on any atom is -0.508 e. The standard InChI is InChI=1S/C11H14O/c1-7-3-4-10-8(2)5-9(12)6-11(7)10/h5-7,12H,3-4H2,1-2H3. The van der Waals surface area contributed by atoms with Gasteiger partial charge in [-0.05, 0) is 54.5 Å². The molecule has 0 aromatic heterocycles. The molecule has 1 N–H and O–H groups in total. The molecule has 12 heavy (non-hydrogen) atoms. The van der Waals surface area contributed by atoms with Crippen molar-refractivity contribution in [1.29, 1.82) is 0 Å². The number of phenols is 1. The molecule has 1 aliphatic rings. The lowest BCUT2D eigenvalue weighted by Crippen LogP contribution is -1.88. The Bertz CT molecular complexity index is 315. The number of rotatable bonds is 0. The monoisotopic (exact) mass is 162 g/mol. The van der Waals surface area contributed by atoms with Crippen LogP contribution in [0.5, 0.6) is 5.75 Å². The fraction of sp³-hybridized carbons (Fsp3) is 0.455. The molecule has 0 saturated heterocycles. The van der Waals surface area contributed by atoms with Gasteiger partial charge in [0.2, 0.25) is 0 Å². The molecular weight excluding hydrogens is 148 g/mol. The van der Waals surface area contributed by atoms with Gasteiger partial charge in [-0.15, -0.1) is 0 Å². The van der Waals surface area contributed by atoms with E-state index in [-0.39, 0.29) is 0 Å². The highest BCUT2D eigenvalue weighted by Gasteiger charge is 2.20. The minimum absolute atomic E-state index is 0.417. The lowest BCUT2D eigenvalue weighted by molar-refractivity contribution is 0.473. The first-order valence-electron chi connectivity index (χ1n) is 4.51. The van der Waals surface area contributed by atoms with Gasteiger partial charge in [0.15, 0.2) is 0 Å². The highest BCUT2D eigenvalue weighted by Crippen LogP contribution is 2.36. The van der Waals surface area contributed by atoms with Gasteiger partial charge >= 0.3 is 0 Å². The number of aryl methyl sites for hydroxylation is 1. The van der Waals surface area contributed by atoms with E-state index >= 15 is 0 Å². The van der Waals surface area contributed by atoms with Crippen molar-refractivity contribution in [3.8, 4) is 5.75 Å². The molecule has 0 fully saturated rings. The first-order valence-corrected chi connectivity index (χ1v) is 4.51. The Morgan fingerprint density at radius 2 is 2.17 bits per heavy atom. The van der Waals surface area contributed by atoms with Gasteiger partial charge < -0.3 is 5.11 Å². The lowest BCUT2D eigenvalue weighted by Gasteiger charge is -2.07.